The maximum Gasteiger partial charge on any atom is 0.128 e. The minimum absolute atomic E-state index is 0.00593. The predicted octanol–water partition coefficient (Wildman–Crippen LogP) is 27.0. The first kappa shape index (κ1) is 108. The van der Waals surface area contributed by atoms with E-state index in [9.17, 15) is 5.11 Å². The zero-order chi connectivity index (χ0) is 86.8. The van der Waals surface area contributed by atoms with Gasteiger partial charge in [-0.3, -0.25) is 15.0 Å². The molecule has 4 saturated heterocycles. The molecule has 10 rings (SSSR count). The summed E-state index contributed by atoms with van der Waals surface area (Å²) in [5.41, 5.74) is 11.7. The number of likely N-dealkylation sites (tertiary alicyclic amines) is 3. The van der Waals surface area contributed by atoms with Gasteiger partial charge in [-0.2, -0.15) is 0 Å². The number of nitrogens with one attached hydrogen (secondary N) is 1. The van der Waals surface area contributed by atoms with Gasteiger partial charge in [-0.25, -0.2) is 9.97 Å². The average molecular weight is 1580 g/mol. The van der Waals surface area contributed by atoms with E-state index in [2.05, 4.69) is 334 Å². The number of aliphatic hydroxyl groups excluding tert-OH is 1. The van der Waals surface area contributed by atoms with Crippen LogP contribution in [0.15, 0.2) is 110 Å². The van der Waals surface area contributed by atoms with Crippen LogP contribution in [-0.4, -0.2) is 124 Å². The molecule has 1 aliphatic carbocycles. The molecule has 2 aromatic carbocycles. The molecule has 3 aromatic heterocycles. The van der Waals surface area contributed by atoms with Gasteiger partial charge >= 0.3 is 0 Å². The molecule has 114 heavy (non-hydrogen) atoms. The highest BCUT2D eigenvalue weighted by molar-refractivity contribution is 5.22. The second-order valence-corrected chi connectivity index (χ2v) is 46.8. The van der Waals surface area contributed by atoms with Crippen LogP contribution in [0.5, 0.6) is 0 Å². The van der Waals surface area contributed by atoms with E-state index in [1.54, 1.807) is 12.4 Å². The number of hydrogen-bond donors (Lipinski definition) is 2. The van der Waals surface area contributed by atoms with Crippen LogP contribution in [0.2, 0.25) is 0 Å². The zero-order valence-corrected chi connectivity index (χ0v) is 81.5. The van der Waals surface area contributed by atoms with E-state index >= 15 is 0 Å². The molecular formula is C104H187N9O. The summed E-state index contributed by atoms with van der Waals surface area (Å²) < 4.78 is 0. The zero-order valence-electron chi connectivity index (χ0n) is 81.5. The van der Waals surface area contributed by atoms with E-state index in [1.165, 1.54) is 171 Å². The number of nitrogens with zero attached hydrogens (tertiary/aromatic N) is 8. The summed E-state index contributed by atoms with van der Waals surface area (Å²) in [4.78, 5) is 28.6. The van der Waals surface area contributed by atoms with E-state index in [-0.39, 0.29) is 11.5 Å². The minimum Gasteiger partial charge on any atom is -0.393 e. The highest BCUT2D eigenvalue weighted by atomic mass is 16.3. The summed E-state index contributed by atoms with van der Waals surface area (Å²) >= 11 is 0. The van der Waals surface area contributed by atoms with Crippen LogP contribution >= 0.6 is 0 Å². The molecule has 5 aliphatic rings. The Morgan fingerprint density at radius 1 is 0.360 bits per heavy atom. The van der Waals surface area contributed by atoms with Crippen molar-refractivity contribution in [3.8, 4) is 0 Å². The summed E-state index contributed by atoms with van der Waals surface area (Å²) in [5.74, 6) is 4.67. The van der Waals surface area contributed by atoms with Crippen LogP contribution in [0.1, 0.15) is 350 Å². The van der Waals surface area contributed by atoms with Crippen molar-refractivity contribution in [3.05, 3.63) is 149 Å². The lowest BCUT2D eigenvalue weighted by atomic mass is 9.72. The molecule has 0 unspecified atom stereocenters. The number of pyridine rings is 1. The largest absolute Gasteiger partial charge is 0.393 e. The topological polar surface area (TPSA) is 106 Å². The third-order valence-corrected chi connectivity index (χ3v) is 21.3. The van der Waals surface area contributed by atoms with Gasteiger partial charge in [-0.15, -0.1) is 0 Å². The Balaban J connectivity index is 0.000000633. The lowest BCUT2D eigenvalue weighted by molar-refractivity contribution is 0.0725. The van der Waals surface area contributed by atoms with E-state index < -0.39 is 0 Å². The second-order valence-electron chi connectivity index (χ2n) is 46.8. The summed E-state index contributed by atoms with van der Waals surface area (Å²) in [6, 6.07) is 27.3. The fourth-order valence-electron chi connectivity index (χ4n) is 15.1. The van der Waals surface area contributed by atoms with Crippen molar-refractivity contribution in [3.63, 3.8) is 0 Å². The van der Waals surface area contributed by atoms with Gasteiger partial charge < -0.3 is 25.1 Å². The Morgan fingerprint density at radius 2 is 0.772 bits per heavy atom. The van der Waals surface area contributed by atoms with Crippen molar-refractivity contribution in [1.82, 2.24) is 44.9 Å². The van der Waals surface area contributed by atoms with Crippen LogP contribution in [0.4, 0.5) is 0 Å². The van der Waals surface area contributed by atoms with Gasteiger partial charge in [0.2, 0.25) is 0 Å². The van der Waals surface area contributed by atoms with Gasteiger partial charge in [0.25, 0.3) is 0 Å². The number of rotatable bonds is 9. The molecule has 7 heterocycles. The van der Waals surface area contributed by atoms with Crippen molar-refractivity contribution in [1.29, 1.82) is 0 Å². The van der Waals surface area contributed by atoms with E-state index in [4.69, 9.17) is 0 Å². The molecule has 10 heteroatoms. The molecular weight excluding hydrogens is 1390 g/mol. The molecule has 0 radical (unpaired) electrons. The minimum atomic E-state index is -0.00593. The Morgan fingerprint density at radius 3 is 1.18 bits per heavy atom. The van der Waals surface area contributed by atoms with Gasteiger partial charge in [0.1, 0.15) is 5.82 Å². The highest BCUT2D eigenvalue weighted by Crippen LogP contribution is 2.38. The molecule has 5 aromatic rings. The van der Waals surface area contributed by atoms with Crippen molar-refractivity contribution >= 4 is 0 Å². The second kappa shape index (κ2) is 52.6. The van der Waals surface area contributed by atoms with Crippen LogP contribution < -0.4 is 5.32 Å². The summed E-state index contributed by atoms with van der Waals surface area (Å²) in [7, 11) is 4.45. The first-order valence-electron chi connectivity index (χ1n) is 45.3. The highest BCUT2D eigenvalue weighted by Gasteiger charge is 2.30. The summed E-state index contributed by atoms with van der Waals surface area (Å²) in [5, 5.41) is 12.7. The molecule has 2 N–H and O–H groups in total. The fourth-order valence-corrected chi connectivity index (χ4v) is 15.1. The van der Waals surface area contributed by atoms with Crippen molar-refractivity contribution in [2.75, 3.05) is 73.0 Å². The van der Waals surface area contributed by atoms with Crippen LogP contribution in [0.25, 0.3) is 0 Å². The van der Waals surface area contributed by atoms with Crippen LogP contribution in [0.3, 0.4) is 0 Å². The molecule has 0 amide bonds. The summed E-state index contributed by atoms with van der Waals surface area (Å²) in [6.45, 7) is 84.3. The standard InChI is InChI=1S/C12H18.2C11H23N.C11H16.C10H16N2.2C10H21N.C10H15N.C10H20O.C9H14N2/c1-10-5-7-11(8-6-10)9-12(2,3)4;1-11(2,3)9-10-5-7-12(4)8-6-10;1-11(2,3)7-10-12-8-5-4-6-9-12;1-11(2,3)9-10-7-5-4-6-8-10;1-8-6-12-9(7-11-8)5-10(2,3)4;1-10(2,3)9-5-7-11(4)8-6-9;1-10(2,3)8-9-4-6-11-7-5-9;1-10(2,3)8-9-6-4-5-7-11-9;1-10(2,3)8-4-6-9(11)7-5-8;1-9(2,3)7-8-10-5-4-6-11-8/h5-8H,9H2,1-4H3;10H,5-9H2,1-4H3;4-10H2,1-3H3;4-8H,9H2,1-3H3;6-7H,5H2,1-4H3;9H,5-8H2,1-4H3;9,11H,4-8H2,1-3H3;4-7H,8H2,1-3H3;8-9,11H,4-7H2,1-3H3;4-6H,7H2,1-3H3. The Bertz CT molecular complexity index is 2890. The molecule has 0 bridgehead atoms. The van der Waals surface area contributed by atoms with Gasteiger partial charge in [-0.05, 0) is 316 Å². The molecule has 5 fully saturated rings. The van der Waals surface area contributed by atoms with Crippen LogP contribution in [0, 0.1) is 91.7 Å². The Kier molecular flexibility index (Phi) is 49.6. The maximum atomic E-state index is 9.29. The molecule has 10 nitrogen and oxygen atoms in total. The lowest BCUT2D eigenvalue weighted by Crippen LogP contribution is -2.35. The van der Waals surface area contributed by atoms with Gasteiger partial charge in [0.15, 0.2) is 0 Å². The number of aliphatic hydroxyl groups is 1. The monoisotopic (exact) mass is 1580 g/mol. The smallest absolute Gasteiger partial charge is 0.128 e. The van der Waals surface area contributed by atoms with Gasteiger partial charge in [0.05, 0.1) is 17.5 Å². The number of aryl methyl sites for hydroxylation is 2. The number of hydrogen-bond acceptors (Lipinski definition) is 10. The van der Waals surface area contributed by atoms with Gasteiger partial charge in [0, 0.05) is 43.1 Å². The fraction of sp³-hybridized carbons (Fsp3) is 0.760. The molecule has 654 valence electrons. The molecule has 0 atom stereocenters. The average Bonchev–Trinajstić information content (AvgIpc) is 0.877. The normalized spacial score (nSPS) is 18.2. The number of aromatic nitrogens is 5. The third kappa shape index (κ3) is 63.6. The lowest BCUT2D eigenvalue weighted by Gasteiger charge is -2.37. The van der Waals surface area contributed by atoms with Crippen molar-refractivity contribution in [2.24, 2.45) is 77.8 Å². The Hall–Kier alpha value is -4.45. The first-order valence-corrected chi connectivity index (χ1v) is 45.3. The Labute approximate surface area is 708 Å². The van der Waals surface area contributed by atoms with E-state index in [1.807, 2.05) is 43.7 Å². The number of piperidine rings is 4. The molecule has 1 saturated carbocycles. The van der Waals surface area contributed by atoms with Crippen LogP contribution in [-0.2, 0) is 32.1 Å². The first-order chi connectivity index (χ1) is 52.3. The van der Waals surface area contributed by atoms with E-state index in [0.29, 0.717) is 48.7 Å². The van der Waals surface area contributed by atoms with Crippen molar-refractivity contribution in [2.45, 2.75) is 363 Å². The quantitative estimate of drug-likeness (QED) is 0.148. The molecule has 4 aliphatic heterocycles. The van der Waals surface area contributed by atoms with Gasteiger partial charge in [-0.1, -0.05) is 280 Å². The van der Waals surface area contributed by atoms with Crippen molar-refractivity contribution < 1.29 is 5.11 Å². The third-order valence-electron chi connectivity index (χ3n) is 21.3. The molecule has 0 spiro atoms. The SMILES string of the molecule is CC(C)(C)C1CCC(O)CC1.CC(C)(C)CC1CCNCC1.CC(C)(C)CCN1CCCCC1.CC(C)(C)Cc1ccccc1.CC(C)(C)Cc1ccccn1.CC(C)(C)Cc1ncccn1.CN1CCC(C(C)(C)C)CC1.CN1CCC(CC(C)(C)C)CC1.Cc1ccc(CC(C)(C)C)cc1.Cc1cnc(CC(C)(C)C)cn1. The predicted molar refractivity (Wildman–Crippen MR) is 502 cm³/mol. The number of benzene rings is 2. The summed E-state index contributed by atoms with van der Waals surface area (Å²) in [6.07, 6.45) is 35.7. The maximum absolute atomic E-state index is 9.29. The van der Waals surface area contributed by atoms with E-state index in [0.717, 1.165) is 85.8 Å².